The standard InChI is InChI=1S/C12H13NO3/c1-8-6-9(4-5-13-8)11-3-2-10(7-16-11)12(14)15/h2,4-6,11H,3,7H2,1H3,(H,14,15)/t11-/m0/s1. The predicted molar refractivity (Wildman–Crippen MR) is 58.0 cm³/mol. The molecule has 4 heteroatoms. The highest BCUT2D eigenvalue weighted by Crippen LogP contribution is 2.26. The molecule has 1 N–H and O–H groups in total. The topological polar surface area (TPSA) is 59.4 Å². The summed E-state index contributed by atoms with van der Waals surface area (Å²) in [5.41, 5.74) is 2.32. The van der Waals surface area contributed by atoms with E-state index in [2.05, 4.69) is 4.98 Å². The molecule has 0 bridgehead atoms. The zero-order valence-corrected chi connectivity index (χ0v) is 9.01. The Morgan fingerprint density at radius 2 is 2.44 bits per heavy atom. The van der Waals surface area contributed by atoms with Gasteiger partial charge in [0, 0.05) is 11.9 Å². The molecule has 0 saturated carbocycles. The van der Waals surface area contributed by atoms with Crippen molar-refractivity contribution in [2.45, 2.75) is 19.4 Å². The quantitative estimate of drug-likeness (QED) is 0.824. The Morgan fingerprint density at radius 1 is 1.62 bits per heavy atom. The summed E-state index contributed by atoms with van der Waals surface area (Å²) >= 11 is 0. The molecule has 2 heterocycles. The first-order valence-corrected chi connectivity index (χ1v) is 5.13. The minimum absolute atomic E-state index is 0.0511. The van der Waals surface area contributed by atoms with Crippen molar-refractivity contribution in [2.24, 2.45) is 0 Å². The van der Waals surface area contributed by atoms with Gasteiger partial charge in [-0.2, -0.15) is 0 Å². The molecule has 1 aromatic rings. The molecule has 0 radical (unpaired) electrons. The van der Waals surface area contributed by atoms with Crippen molar-refractivity contribution in [3.8, 4) is 0 Å². The van der Waals surface area contributed by atoms with E-state index in [1.807, 2.05) is 19.1 Å². The molecular formula is C12H13NO3. The fourth-order valence-corrected chi connectivity index (χ4v) is 1.72. The molecule has 1 atom stereocenters. The Labute approximate surface area is 93.6 Å². The van der Waals surface area contributed by atoms with Crippen molar-refractivity contribution in [2.75, 3.05) is 6.61 Å². The van der Waals surface area contributed by atoms with Crippen molar-refractivity contribution >= 4 is 5.97 Å². The lowest BCUT2D eigenvalue weighted by atomic mass is 10.0. The molecule has 4 nitrogen and oxygen atoms in total. The van der Waals surface area contributed by atoms with Crippen LogP contribution in [0.25, 0.3) is 0 Å². The van der Waals surface area contributed by atoms with Crippen LogP contribution in [0.1, 0.15) is 23.8 Å². The van der Waals surface area contributed by atoms with Crippen LogP contribution in [0.15, 0.2) is 30.0 Å². The second-order valence-corrected chi connectivity index (χ2v) is 3.80. The minimum Gasteiger partial charge on any atom is -0.478 e. The number of carboxylic acid groups (broad SMARTS) is 1. The predicted octanol–water partition coefficient (Wildman–Crippen LogP) is 1.86. The van der Waals surface area contributed by atoms with Crippen LogP contribution in [0, 0.1) is 6.92 Å². The number of carboxylic acids is 1. The van der Waals surface area contributed by atoms with Gasteiger partial charge in [0.15, 0.2) is 0 Å². The Kier molecular flexibility index (Phi) is 3.01. The van der Waals surface area contributed by atoms with E-state index in [4.69, 9.17) is 9.84 Å². The monoisotopic (exact) mass is 219 g/mol. The van der Waals surface area contributed by atoms with Gasteiger partial charge >= 0.3 is 5.97 Å². The lowest BCUT2D eigenvalue weighted by Crippen LogP contribution is -2.16. The average molecular weight is 219 g/mol. The number of aromatic nitrogens is 1. The number of aliphatic carboxylic acids is 1. The van der Waals surface area contributed by atoms with Gasteiger partial charge in [0.05, 0.1) is 18.3 Å². The van der Waals surface area contributed by atoms with E-state index < -0.39 is 5.97 Å². The Hall–Kier alpha value is -1.68. The lowest BCUT2D eigenvalue weighted by molar-refractivity contribution is -0.133. The first-order chi connectivity index (χ1) is 7.66. The van der Waals surface area contributed by atoms with Gasteiger partial charge in [0.1, 0.15) is 0 Å². The van der Waals surface area contributed by atoms with Gasteiger partial charge in [-0.3, -0.25) is 4.98 Å². The molecule has 1 aliphatic heterocycles. The van der Waals surface area contributed by atoms with Gasteiger partial charge in [-0.05, 0) is 31.0 Å². The number of hydrogen-bond donors (Lipinski definition) is 1. The summed E-state index contributed by atoms with van der Waals surface area (Å²) in [6.07, 6.45) is 4.02. The molecule has 0 saturated heterocycles. The second kappa shape index (κ2) is 4.45. The van der Waals surface area contributed by atoms with E-state index in [9.17, 15) is 4.79 Å². The summed E-state index contributed by atoms with van der Waals surface area (Å²) < 4.78 is 5.52. The normalized spacial score (nSPS) is 20.3. The fraction of sp³-hybridized carbons (Fsp3) is 0.333. The average Bonchev–Trinajstić information content (AvgIpc) is 2.29. The van der Waals surface area contributed by atoms with Crippen molar-refractivity contribution in [1.29, 1.82) is 0 Å². The van der Waals surface area contributed by atoms with Crippen LogP contribution < -0.4 is 0 Å². The maximum Gasteiger partial charge on any atom is 0.333 e. The van der Waals surface area contributed by atoms with Crippen LogP contribution in [0.3, 0.4) is 0 Å². The zero-order valence-electron chi connectivity index (χ0n) is 9.01. The summed E-state index contributed by atoms with van der Waals surface area (Å²) in [6, 6.07) is 3.86. The molecule has 0 fully saturated rings. The van der Waals surface area contributed by atoms with E-state index in [-0.39, 0.29) is 12.7 Å². The van der Waals surface area contributed by atoms with Gasteiger partial charge in [-0.15, -0.1) is 0 Å². The molecule has 16 heavy (non-hydrogen) atoms. The summed E-state index contributed by atoms with van der Waals surface area (Å²) in [5.74, 6) is -0.899. The SMILES string of the molecule is Cc1cc([C@@H]2CC=C(C(=O)O)CO2)ccn1. The molecule has 0 aliphatic carbocycles. The highest BCUT2D eigenvalue weighted by Gasteiger charge is 2.19. The largest absolute Gasteiger partial charge is 0.478 e. The molecule has 1 aliphatic rings. The summed E-state index contributed by atoms with van der Waals surface area (Å²) in [5, 5.41) is 8.78. The third kappa shape index (κ3) is 2.28. The van der Waals surface area contributed by atoms with Crippen molar-refractivity contribution in [3.63, 3.8) is 0 Å². The molecule has 2 rings (SSSR count). The third-order valence-corrected chi connectivity index (χ3v) is 2.59. The van der Waals surface area contributed by atoms with Gasteiger partial charge < -0.3 is 9.84 Å². The van der Waals surface area contributed by atoms with E-state index >= 15 is 0 Å². The lowest BCUT2D eigenvalue weighted by Gasteiger charge is -2.21. The number of carbonyl (C=O) groups is 1. The molecule has 0 aromatic carbocycles. The van der Waals surface area contributed by atoms with Crippen molar-refractivity contribution in [3.05, 3.63) is 41.2 Å². The smallest absolute Gasteiger partial charge is 0.333 e. The highest BCUT2D eigenvalue weighted by atomic mass is 16.5. The molecule has 0 amide bonds. The summed E-state index contributed by atoms with van der Waals surface area (Å²) in [4.78, 5) is 14.8. The highest BCUT2D eigenvalue weighted by molar-refractivity contribution is 5.86. The Balaban J connectivity index is 2.12. The minimum atomic E-state index is -0.899. The number of nitrogens with zero attached hydrogens (tertiary/aromatic N) is 1. The van der Waals surface area contributed by atoms with Crippen molar-refractivity contribution in [1.82, 2.24) is 4.98 Å². The van der Waals surface area contributed by atoms with Crippen molar-refractivity contribution < 1.29 is 14.6 Å². The van der Waals surface area contributed by atoms with Gasteiger partial charge in [-0.1, -0.05) is 6.08 Å². The van der Waals surface area contributed by atoms with Crippen LogP contribution in [-0.2, 0) is 9.53 Å². The van der Waals surface area contributed by atoms with Crippen LogP contribution in [0.4, 0.5) is 0 Å². The number of hydrogen-bond acceptors (Lipinski definition) is 3. The molecule has 0 unspecified atom stereocenters. The van der Waals surface area contributed by atoms with Crippen LogP contribution in [-0.4, -0.2) is 22.7 Å². The molecular weight excluding hydrogens is 206 g/mol. The van der Waals surface area contributed by atoms with E-state index in [0.717, 1.165) is 11.3 Å². The molecule has 1 aromatic heterocycles. The summed E-state index contributed by atoms with van der Waals surface area (Å²) in [7, 11) is 0. The van der Waals surface area contributed by atoms with E-state index in [1.165, 1.54) is 0 Å². The third-order valence-electron chi connectivity index (χ3n) is 2.59. The molecule has 0 spiro atoms. The Morgan fingerprint density at radius 3 is 3.00 bits per heavy atom. The number of pyridine rings is 1. The van der Waals surface area contributed by atoms with Gasteiger partial charge in [-0.25, -0.2) is 4.79 Å². The van der Waals surface area contributed by atoms with E-state index in [1.54, 1.807) is 12.3 Å². The number of aryl methyl sites for hydroxylation is 1. The van der Waals surface area contributed by atoms with Crippen LogP contribution in [0.2, 0.25) is 0 Å². The maximum atomic E-state index is 10.7. The number of ether oxygens (including phenoxy) is 1. The zero-order chi connectivity index (χ0) is 11.5. The van der Waals surface area contributed by atoms with E-state index in [0.29, 0.717) is 12.0 Å². The first kappa shape index (κ1) is 10.8. The second-order valence-electron chi connectivity index (χ2n) is 3.80. The van der Waals surface area contributed by atoms with Crippen LogP contribution in [0.5, 0.6) is 0 Å². The van der Waals surface area contributed by atoms with Crippen LogP contribution >= 0.6 is 0 Å². The Bertz CT molecular complexity index is 440. The first-order valence-electron chi connectivity index (χ1n) is 5.13. The molecule has 84 valence electrons. The maximum absolute atomic E-state index is 10.7. The summed E-state index contributed by atoms with van der Waals surface area (Å²) in [6.45, 7) is 2.09. The van der Waals surface area contributed by atoms with Gasteiger partial charge in [0.2, 0.25) is 0 Å². The van der Waals surface area contributed by atoms with Gasteiger partial charge in [0.25, 0.3) is 0 Å². The number of rotatable bonds is 2. The fourth-order valence-electron chi connectivity index (χ4n) is 1.72.